The van der Waals surface area contributed by atoms with E-state index in [4.69, 9.17) is 0 Å². The van der Waals surface area contributed by atoms with Crippen molar-refractivity contribution in [2.75, 3.05) is 16.8 Å². The van der Waals surface area contributed by atoms with E-state index in [0.717, 1.165) is 28.1 Å². The first-order valence-electron chi connectivity index (χ1n) is 13.0. The Morgan fingerprint density at radius 3 is 1.71 bits per heavy atom. The number of amides is 1. The van der Waals surface area contributed by atoms with Crippen molar-refractivity contribution in [3.8, 4) is 0 Å². The van der Waals surface area contributed by atoms with E-state index in [-0.39, 0.29) is 17.5 Å². The number of fused-ring (bicyclic) bond motifs is 10. The molecule has 1 fully saturated rings. The molecule has 2 aliphatic heterocycles. The minimum absolute atomic E-state index is 0.0628. The highest BCUT2D eigenvalue weighted by molar-refractivity contribution is 6.20. The van der Waals surface area contributed by atoms with Crippen LogP contribution in [0.15, 0.2) is 103 Å². The average Bonchev–Trinajstić information content (AvgIpc) is 3.51. The highest BCUT2D eigenvalue weighted by atomic mass is 16.2. The largest absolute Gasteiger partial charge is 0.356 e. The van der Waals surface area contributed by atoms with Gasteiger partial charge < -0.3 is 9.80 Å². The van der Waals surface area contributed by atoms with E-state index in [1.54, 1.807) is 11.9 Å². The predicted octanol–water partition coefficient (Wildman–Crippen LogP) is 5.53. The number of Topliss-reactive ketones (excluding diaryl/α,β-unsaturated/α-hetero) is 2. The Morgan fingerprint density at radius 2 is 1.11 bits per heavy atom. The first-order valence-corrected chi connectivity index (χ1v) is 13.0. The van der Waals surface area contributed by atoms with Crippen LogP contribution in [0.4, 0.5) is 11.4 Å². The summed E-state index contributed by atoms with van der Waals surface area (Å²) in [5.41, 5.74) is 4.31. The molecule has 0 saturated carbocycles. The summed E-state index contributed by atoms with van der Waals surface area (Å²) >= 11 is 0. The molecular formula is C33H24N2O3. The molecule has 4 aliphatic rings. The van der Waals surface area contributed by atoms with Gasteiger partial charge in [0.05, 0.1) is 23.9 Å². The summed E-state index contributed by atoms with van der Waals surface area (Å²) < 4.78 is 0. The molecule has 5 heteroatoms. The standard InChI is InChI=1S/C33H24N2O3/c1-34-25-18-10-9-17-24(25)33(32(34)38)26-28(20-13-5-7-15-22(20)30(26)36)35(19-11-3-2-4-12-19)29-21-14-6-8-16-23(21)31(37)27(29)33/h2-18,26-29H,1H3. The van der Waals surface area contributed by atoms with Gasteiger partial charge in [-0.1, -0.05) is 84.9 Å². The number of carbonyl (C=O) groups excluding carboxylic acids is 3. The fourth-order valence-corrected chi connectivity index (χ4v) is 7.98. The van der Waals surface area contributed by atoms with Crippen molar-refractivity contribution < 1.29 is 14.4 Å². The molecule has 8 rings (SSSR count). The lowest BCUT2D eigenvalue weighted by atomic mass is 9.55. The highest BCUT2D eigenvalue weighted by Crippen LogP contribution is 2.68. The summed E-state index contributed by atoms with van der Waals surface area (Å²) in [5.74, 6) is -1.77. The number of likely N-dealkylation sites (N-methyl/N-ethyl adjacent to an activating group) is 1. The maximum Gasteiger partial charge on any atom is 0.239 e. The molecule has 1 saturated heterocycles. The summed E-state index contributed by atoms with van der Waals surface area (Å²) in [4.78, 5) is 47.6. The number of hydrogen-bond donors (Lipinski definition) is 0. The molecule has 38 heavy (non-hydrogen) atoms. The van der Waals surface area contributed by atoms with Crippen LogP contribution in [0.25, 0.3) is 0 Å². The first kappa shape index (κ1) is 21.6. The molecule has 2 aliphatic carbocycles. The van der Waals surface area contributed by atoms with Crippen molar-refractivity contribution in [2.45, 2.75) is 17.5 Å². The Labute approximate surface area is 220 Å². The van der Waals surface area contributed by atoms with Gasteiger partial charge in [-0.3, -0.25) is 14.4 Å². The van der Waals surface area contributed by atoms with Gasteiger partial charge in [0.2, 0.25) is 5.91 Å². The molecule has 4 aromatic rings. The molecule has 4 atom stereocenters. The van der Waals surface area contributed by atoms with E-state index in [0.29, 0.717) is 11.1 Å². The second-order valence-corrected chi connectivity index (χ2v) is 10.7. The summed E-state index contributed by atoms with van der Waals surface area (Å²) in [6.45, 7) is 0. The fourth-order valence-electron chi connectivity index (χ4n) is 7.98. The first-order chi connectivity index (χ1) is 18.6. The molecule has 2 heterocycles. The van der Waals surface area contributed by atoms with Gasteiger partial charge in [-0.05, 0) is 34.9 Å². The maximum absolute atomic E-state index is 14.7. The van der Waals surface area contributed by atoms with Crippen LogP contribution in [0.3, 0.4) is 0 Å². The SMILES string of the molecule is CN1C(=O)C2(c3ccccc31)C1C(=O)c3ccccc3C1N(c1ccccc1)C1c3ccccc3C(=O)C12. The molecular weight excluding hydrogens is 472 g/mol. The average molecular weight is 497 g/mol. The number of rotatable bonds is 1. The van der Waals surface area contributed by atoms with E-state index >= 15 is 0 Å². The summed E-state index contributed by atoms with van der Waals surface area (Å²) in [7, 11) is 1.77. The van der Waals surface area contributed by atoms with Crippen LogP contribution >= 0.6 is 0 Å². The van der Waals surface area contributed by atoms with Crippen molar-refractivity contribution in [2.24, 2.45) is 11.8 Å². The highest BCUT2D eigenvalue weighted by Gasteiger charge is 2.74. The number of benzene rings is 4. The van der Waals surface area contributed by atoms with E-state index in [1.807, 2.05) is 103 Å². The van der Waals surface area contributed by atoms with E-state index in [9.17, 15) is 14.4 Å². The third-order valence-corrected chi connectivity index (χ3v) is 9.29. The number of anilines is 2. The Bertz CT molecular complexity index is 1620. The van der Waals surface area contributed by atoms with Crippen molar-refractivity contribution in [1.29, 1.82) is 0 Å². The molecule has 1 spiro atoms. The van der Waals surface area contributed by atoms with Gasteiger partial charge in [0.15, 0.2) is 11.6 Å². The quantitative estimate of drug-likeness (QED) is 0.348. The number of piperidine rings is 1. The van der Waals surface area contributed by atoms with Crippen LogP contribution < -0.4 is 9.80 Å². The lowest BCUT2D eigenvalue weighted by Crippen LogP contribution is -2.63. The molecule has 1 amide bonds. The van der Waals surface area contributed by atoms with Gasteiger partial charge in [0.1, 0.15) is 5.41 Å². The molecule has 184 valence electrons. The normalized spacial score (nSPS) is 28.3. The Morgan fingerprint density at radius 1 is 0.605 bits per heavy atom. The minimum Gasteiger partial charge on any atom is -0.356 e. The second kappa shape index (κ2) is 7.29. The van der Waals surface area contributed by atoms with Crippen LogP contribution in [0.1, 0.15) is 49.5 Å². The number of ketones is 2. The molecule has 0 aromatic heterocycles. The van der Waals surface area contributed by atoms with Gasteiger partial charge in [0, 0.05) is 29.5 Å². The van der Waals surface area contributed by atoms with Crippen molar-refractivity contribution >= 4 is 28.8 Å². The zero-order valence-electron chi connectivity index (χ0n) is 20.7. The van der Waals surface area contributed by atoms with Crippen molar-refractivity contribution in [3.63, 3.8) is 0 Å². The topological polar surface area (TPSA) is 57.7 Å². The lowest BCUT2D eigenvalue weighted by molar-refractivity contribution is -0.127. The number of hydrogen-bond acceptors (Lipinski definition) is 4. The number of nitrogens with zero attached hydrogens (tertiary/aromatic N) is 2. The van der Waals surface area contributed by atoms with E-state index < -0.39 is 29.3 Å². The third-order valence-electron chi connectivity index (χ3n) is 9.29. The van der Waals surface area contributed by atoms with Gasteiger partial charge in [-0.15, -0.1) is 0 Å². The summed E-state index contributed by atoms with van der Waals surface area (Å²) in [6.07, 6.45) is 0. The summed E-state index contributed by atoms with van der Waals surface area (Å²) in [6, 6.07) is 32.4. The third kappa shape index (κ3) is 2.31. The molecule has 4 unspecified atom stereocenters. The molecule has 0 radical (unpaired) electrons. The summed E-state index contributed by atoms with van der Waals surface area (Å²) in [5, 5.41) is 0. The Hall–Kier alpha value is -4.51. The zero-order chi connectivity index (χ0) is 25.8. The molecule has 4 aromatic carbocycles. The number of carbonyl (C=O) groups is 3. The van der Waals surface area contributed by atoms with Crippen LogP contribution in [-0.2, 0) is 10.2 Å². The van der Waals surface area contributed by atoms with Gasteiger partial charge in [-0.25, -0.2) is 0 Å². The maximum atomic E-state index is 14.7. The van der Waals surface area contributed by atoms with Gasteiger partial charge in [-0.2, -0.15) is 0 Å². The fraction of sp³-hybridized carbons (Fsp3) is 0.182. The second-order valence-electron chi connectivity index (χ2n) is 10.7. The molecule has 0 bridgehead atoms. The number of para-hydroxylation sites is 2. The van der Waals surface area contributed by atoms with Crippen LogP contribution in [0, 0.1) is 11.8 Å². The predicted molar refractivity (Wildman–Crippen MR) is 144 cm³/mol. The van der Waals surface area contributed by atoms with Crippen molar-refractivity contribution in [3.05, 3.63) is 131 Å². The lowest BCUT2D eigenvalue weighted by Gasteiger charge is -2.54. The molecule has 5 nitrogen and oxygen atoms in total. The van der Waals surface area contributed by atoms with Crippen LogP contribution in [0.2, 0.25) is 0 Å². The minimum atomic E-state index is -1.31. The molecule has 0 N–H and O–H groups in total. The zero-order valence-corrected chi connectivity index (χ0v) is 20.7. The van der Waals surface area contributed by atoms with Crippen molar-refractivity contribution in [1.82, 2.24) is 0 Å². The van der Waals surface area contributed by atoms with E-state index in [1.165, 1.54) is 0 Å². The van der Waals surface area contributed by atoms with E-state index in [2.05, 4.69) is 4.90 Å². The van der Waals surface area contributed by atoms with Crippen LogP contribution in [-0.4, -0.2) is 24.5 Å². The van der Waals surface area contributed by atoms with Gasteiger partial charge in [0.25, 0.3) is 0 Å². The van der Waals surface area contributed by atoms with Crippen LogP contribution in [0.5, 0.6) is 0 Å². The smallest absolute Gasteiger partial charge is 0.239 e. The van der Waals surface area contributed by atoms with Gasteiger partial charge >= 0.3 is 0 Å². The Kier molecular flexibility index (Phi) is 4.14. The monoisotopic (exact) mass is 496 g/mol. The Balaban J connectivity index is 1.52.